The fraction of sp³-hybridized carbons (Fsp3) is 0.667. The molecule has 0 aliphatic rings. The number of carboxylic acid groups (broad SMARTS) is 1. The maximum atomic E-state index is 10.3. The summed E-state index contributed by atoms with van der Waals surface area (Å²) in [6, 6.07) is 0. The van der Waals surface area contributed by atoms with E-state index in [-0.39, 0.29) is 5.97 Å². The molecule has 0 aliphatic carbocycles. The van der Waals surface area contributed by atoms with Crippen LogP contribution < -0.4 is 0 Å². The molecule has 0 spiro atoms. The molecule has 1 unspecified atom stereocenters. The van der Waals surface area contributed by atoms with Gasteiger partial charge in [-0.25, -0.2) is 4.79 Å². The summed E-state index contributed by atoms with van der Waals surface area (Å²) in [6.07, 6.45) is 0.939. The van der Waals surface area contributed by atoms with Crippen LogP contribution in [0.2, 0.25) is 0 Å². The minimum atomic E-state index is -1.23. The van der Waals surface area contributed by atoms with Crippen molar-refractivity contribution < 1.29 is 29.3 Å². The molecular weight excluding hydrogens is 204 g/mol. The number of rotatable bonds is 5. The number of methoxy groups -OCH3 is 1. The van der Waals surface area contributed by atoms with Gasteiger partial charge in [-0.1, -0.05) is 0 Å². The third-order valence-corrected chi connectivity index (χ3v) is 1.29. The van der Waals surface area contributed by atoms with Gasteiger partial charge in [-0.05, 0) is 13.3 Å². The fourth-order valence-electron chi connectivity index (χ4n) is 0.432. The van der Waals surface area contributed by atoms with Crippen LogP contribution in [0.5, 0.6) is 0 Å². The molecule has 0 bridgehead atoms. The number of aliphatic hydroxyl groups is 1. The van der Waals surface area contributed by atoms with Crippen molar-refractivity contribution in [3.8, 4) is 0 Å². The van der Waals surface area contributed by atoms with E-state index in [1.807, 2.05) is 0 Å². The van der Waals surface area contributed by atoms with Crippen LogP contribution in [0.15, 0.2) is 0 Å². The van der Waals surface area contributed by atoms with Gasteiger partial charge in [0.05, 0.1) is 7.11 Å². The molecule has 0 amide bonds. The zero-order valence-corrected chi connectivity index (χ0v) is 8.80. The number of unbranched alkanes of at least 4 members (excludes halogenated alkanes) is 1. The van der Waals surface area contributed by atoms with E-state index in [0.29, 0.717) is 19.3 Å². The van der Waals surface area contributed by atoms with Crippen LogP contribution in [-0.4, -0.2) is 41.7 Å². The first-order chi connectivity index (χ1) is 6.95. The molecule has 0 aliphatic heterocycles. The van der Waals surface area contributed by atoms with Crippen molar-refractivity contribution in [1.82, 2.24) is 0 Å². The summed E-state index contributed by atoms with van der Waals surface area (Å²) >= 11 is 0. The lowest BCUT2D eigenvalue weighted by molar-refractivity contribution is -0.145. The average molecular weight is 220 g/mol. The van der Waals surface area contributed by atoms with Gasteiger partial charge in [0.25, 0.3) is 0 Å². The number of carbonyl (C=O) groups excluding carboxylic acids is 2. The normalized spacial score (nSPS) is 10.6. The maximum Gasteiger partial charge on any atom is 0.332 e. The lowest BCUT2D eigenvalue weighted by Crippen LogP contribution is -2.13. The summed E-state index contributed by atoms with van der Waals surface area (Å²) in [4.78, 5) is 29.5. The highest BCUT2D eigenvalue weighted by atomic mass is 16.5. The summed E-state index contributed by atoms with van der Waals surface area (Å²) in [7, 11) is 1.34. The lowest BCUT2D eigenvalue weighted by Gasteiger charge is -1.93. The van der Waals surface area contributed by atoms with Crippen molar-refractivity contribution in [3.63, 3.8) is 0 Å². The summed E-state index contributed by atoms with van der Waals surface area (Å²) in [5, 5.41) is 15.8. The second-order valence-corrected chi connectivity index (χ2v) is 2.65. The zero-order valence-electron chi connectivity index (χ0n) is 8.80. The molecule has 0 aromatic heterocycles. The van der Waals surface area contributed by atoms with Crippen LogP contribution in [0.1, 0.15) is 26.2 Å². The van der Waals surface area contributed by atoms with Gasteiger partial charge in [-0.2, -0.15) is 0 Å². The van der Waals surface area contributed by atoms with E-state index < -0.39 is 12.1 Å². The third-order valence-electron chi connectivity index (χ3n) is 1.29. The van der Waals surface area contributed by atoms with Gasteiger partial charge in [-0.15, -0.1) is 0 Å². The highest BCUT2D eigenvalue weighted by Gasteiger charge is 2.01. The molecule has 2 N–H and O–H groups in total. The number of aliphatic carboxylic acids is 1. The number of aliphatic hydroxyl groups excluding tert-OH is 1. The highest BCUT2D eigenvalue weighted by Crippen LogP contribution is 1.93. The standard InChI is InChI=1S/C6H10O3.C3H6O3/c1-9-6(8)4-2-3-5-7;1-2(4)3(5)6/h5H,2-4H2,1H3;2,4H,1H3,(H,5,6). The van der Waals surface area contributed by atoms with Crippen molar-refractivity contribution in [2.45, 2.75) is 32.3 Å². The van der Waals surface area contributed by atoms with Crippen LogP contribution in [0.3, 0.4) is 0 Å². The molecule has 0 saturated carbocycles. The summed E-state index contributed by atoms with van der Waals surface area (Å²) < 4.78 is 4.34. The molecule has 6 nitrogen and oxygen atoms in total. The molecular formula is C9H16O6. The molecule has 0 aromatic rings. The fourth-order valence-corrected chi connectivity index (χ4v) is 0.432. The maximum absolute atomic E-state index is 10.3. The smallest absolute Gasteiger partial charge is 0.332 e. The van der Waals surface area contributed by atoms with Gasteiger partial charge < -0.3 is 19.7 Å². The van der Waals surface area contributed by atoms with Crippen LogP contribution in [0.4, 0.5) is 0 Å². The predicted molar refractivity (Wildman–Crippen MR) is 51.2 cm³/mol. The van der Waals surface area contributed by atoms with Gasteiger partial charge in [0.2, 0.25) is 0 Å². The van der Waals surface area contributed by atoms with Gasteiger partial charge >= 0.3 is 11.9 Å². The lowest BCUT2D eigenvalue weighted by atomic mass is 10.2. The average Bonchev–Trinajstić information content (AvgIpc) is 2.18. The molecule has 0 radical (unpaired) electrons. The molecule has 0 rings (SSSR count). The Morgan fingerprint density at radius 1 is 1.47 bits per heavy atom. The van der Waals surface area contributed by atoms with Crippen LogP contribution in [-0.2, 0) is 19.1 Å². The van der Waals surface area contributed by atoms with Crippen molar-refractivity contribution in [1.29, 1.82) is 0 Å². The van der Waals surface area contributed by atoms with E-state index in [9.17, 15) is 14.4 Å². The number of ether oxygens (including phenoxy) is 1. The van der Waals surface area contributed by atoms with E-state index in [1.165, 1.54) is 14.0 Å². The molecule has 88 valence electrons. The monoisotopic (exact) mass is 220 g/mol. The second-order valence-electron chi connectivity index (χ2n) is 2.65. The first-order valence-corrected chi connectivity index (χ1v) is 4.37. The minimum Gasteiger partial charge on any atom is -0.479 e. The first kappa shape index (κ1) is 16.0. The van der Waals surface area contributed by atoms with Gasteiger partial charge in [0.1, 0.15) is 12.4 Å². The largest absolute Gasteiger partial charge is 0.479 e. The van der Waals surface area contributed by atoms with E-state index in [2.05, 4.69) is 4.74 Å². The van der Waals surface area contributed by atoms with E-state index in [4.69, 9.17) is 10.2 Å². The first-order valence-electron chi connectivity index (χ1n) is 4.37. The van der Waals surface area contributed by atoms with E-state index >= 15 is 0 Å². The Kier molecular flexibility index (Phi) is 11.4. The SMILES string of the molecule is CC(O)C(=O)O.COC(=O)CCCC=O. The Balaban J connectivity index is 0. The third kappa shape index (κ3) is 15.3. The Morgan fingerprint density at radius 3 is 2.20 bits per heavy atom. The van der Waals surface area contributed by atoms with Crippen molar-refractivity contribution in [3.05, 3.63) is 0 Å². The topological polar surface area (TPSA) is 101 Å². The summed E-state index contributed by atoms with van der Waals surface area (Å²) in [5.41, 5.74) is 0. The van der Waals surface area contributed by atoms with Gasteiger partial charge in [-0.3, -0.25) is 4.79 Å². The predicted octanol–water partition coefficient (Wildman–Crippen LogP) is -0.0196. The number of carboxylic acids is 1. The van der Waals surface area contributed by atoms with Gasteiger partial charge in [0, 0.05) is 12.8 Å². The molecule has 0 aromatic carbocycles. The van der Waals surface area contributed by atoms with Crippen LogP contribution >= 0.6 is 0 Å². The Hall–Kier alpha value is -1.43. The number of carbonyl (C=O) groups is 3. The Morgan fingerprint density at radius 2 is 1.93 bits per heavy atom. The second kappa shape index (κ2) is 10.6. The zero-order chi connectivity index (χ0) is 12.3. The van der Waals surface area contributed by atoms with Crippen molar-refractivity contribution in [2.24, 2.45) is 0 Å². The minimum absolute atomic E-state index is 0.253. The number of hydrogen-bond acceptors (Lipinski definition) is 5. The van der Waals surface area contributed by atoms with Crippen LogP contribution in [0.25, 0.3) is 0 Å². The molecule has 1 atom stereocenters. The molecule has 0 fully saturated rings. The molecule has 6 heteroatoms. The highest BCUT2D eigenvalue weighted by molar-refractivity contribution is 5.71. The van der Waals surface area contributed by atoms with Gasteiger partial charge in [0.15, 0.2) is 0 Å². The van der Waals surface area contributed by atoms with Crippen molar-refractivity contribution >= 4 is 18.2 Å². The Bertz CT molecular complexity index is 199. The molecule has 0 saturated heterocycles. The number of aldehydes is 1. The Labute approximate surface area is 87.9 Å². The van der Waals surface area contributed by atoms with E-state index in [1.54, 1.807) is 0 Å². The number of esters is 1. The summed E-state index contributed by atoms with van der Waals surface area (Å²) in [6.45, 7) is 1.20. The van der Waals surface area contributed by atoms with E-state index in [0.717, 1.165) is 6.29 Å². The number of hydrogen-bond donors (Lipinski definition) is 2. The molecule has 0 heterocycles. The molecule has 15 heavy (non-hydrogen) atoms. The summed E-state index contributed by atoms with van der Waals surface area (Å²) in [5.74, 6) is -1.44. The van der Waals surface area contributed by atoms with Crippen molar-refractivity contribution in [2.75, 3.05) is 7.11 Å². The van der Waals surface area contributed by atoms with Crippen LogP contribution in [0, 0.1) is 0 Å². The quantitative estimate of drug-likeness (QED) is 0.383.